The Morgan fingerprint density at radius 2 is 2.07 bits per heavy atom. The molecule has 2 atom stereocenters. The van der Waals surface area contributed by atoms with Crippen molar-refractivity contribution in [2.75, 3.05) is 6.54 Å². The lowest BCUT2D eigenvalue weighted by Crippen LogP contribution is -2.22. The molecule has 1 saturated carbocycles. The second-order valence-corrected chi connectivity index (χ2v) is 4.50. The molecule has 2 nitrogen and oxygen atoms in total. The number of carbonyl (C=O) groups is 1. The third-order valence-corrected chi connectivity index (χ3v) is 3.60. The number of nitrogens with one attached hydrogen (secondary N) is 1. The standard InChI is InChI=1S/C12H13NO/c1-8-2-4-9(5-3-8)12-6-10(12)11(14)13-7-12/h2-5,10H,6-7H2,1H3,(H,13,14)/t10?,12-/m1/s1. The van der Waals surface area contributed by atoms with Crippen molar-refractivity contribution in [1.82, 2.24) is 5.32 Å². The van der Waals surface area contributed by atoms with Gasteiger partial charge in [0, 0.05) is 12.0 Å². The van der Waals surface area contributed by atoms with Crippen LogP contribution in [0.2, 0.25) is 0 Å². The van der Waals surface area contributed by atoms with Crippen LogP contribution in [0.4, 0.5) is 0 Å². The van der Waals surface area contributed by atoms with Gasteiger partial charge in [-0.3, -0.25) is 4.79 Å². The summed E-state index contributed by atoms with van der Waals surface area (Å²) in [5, 5.41) is 2.93. The second kappa shape index (κ2) is 2.38. The molecule has 0 radical (unpaired) electrons. The van der Waals surface area contributed by atoms with Crippen LogP contribution >= 0.6 is 0 Å². The highest BCUT2D eigenvalue weighted by Gasteiger charge is 2.63. The quantitative estimate of drug-likeness (QED) is 0.707. The number of aryl methyl sites for hydroxylation is 1. The van der Waals surface area contributed by atoms with Gasteiger partial charge in [-0.25, -0.2) is 0 Å². The molecule has 1 unspecified atom stereocenters. The lowest BCUT2D eigenvalue weighted by molar-refractivity contribution is -0.120. The van der Waals surface area contributed by atoms with Crippen LogP contribution in [0.15, 0.2) is 24.3 Å². The fourth-order valence-electron chi connectivity index (χ4n) is 2.52. The van der Waals surface area contributed by atoms with Crippen LogP contribution < -0.4 is 5.32 Å². The predicted molar refractivity (Wildman–Crippen MR) is 54.0 cm³/mol. The zero-order valence-corrected chi connectivity index (χ0v) is 8.21. The monoisotopic (exact) mass is 187 g/mol. The third-order valence-electron chi connectivity index (χ3n) is 3.60. The highest BCUT2D eigenvalue weighted by molar-refractivity contribution is 5.88. The molecule has 2 aliphatic rings. The Hall–Kier alpha value is -1.31. The smallest absolute Gasteiger partial charge is 0.224 e. The highest BCUT2D eigenvalue weighted by atomic mass is 16.2. The molecule has 2 fully saturated rings. The minimum absolute atomic E-state index is 0.158. The maximum atomic E-state index is 11.4. The molecule has 72 valence electrons. The molecule has 1 saturated heterocycles. The van der Waals surface area contributed by atoms with Crippen molar-refractivity contribution < 1.29 is 4.79 Å². The molecule has 1 aliphatic heterocycles. The molecule has 0 aromatic heterocycles. The van der Waals surface area contributed by atoms with Crippen LogP contribution in [0.3, 0.4) is 0 Å². The highest BCUT2D eigenvalue weighted by Crippen LogP contribution is 2.56. The van der Waals surface area contributed by atoms with Crippen molar-refractivity contribution in [1.29, 1.82) is 0 Å². The normalized spacial score (nSPS) is 33.8. The lowest BCUT2D eigenvalue weighted by atomic mass is 9.94. The average molecular weight is 187 g/mol. The third kappa shape index (κ3) is 0.884. The Labute approximate surface area is 83.3 Å². The molecule has 1 aromatic rings. The van der Waals surface area contributed by atoms with Gasteiger partial charge in [0.15, 0.2) is 0 Å². The van der Waals surface area contributed by atoms with Crippen LogP contribution in [0.1, 0.15) is 17.5 Å². The summed E-state index contributed by atoms with van der Waals surface area (Å²) in [7, 11) is 0. The first-order chi connectivity index (χ1) is 6.72. The van der Waals surface area contributed by atoms with E-state index in [0.717, 1.165) is 13.0 Å². The first-order valence-electron chi connectivity index (χ1n) is 5.07. The number of carbonyl (C=O) groups excluding carboxylic acids is 1. The Morgan fingerprint density at radius 3 is 2.57 bits per heavy atom. The van der Waals surface area contributed by atoms with Gasteiger partial charge in [0.25, 0.3) is 0 Å². The van der Waals surface area contributed by atoms with Gasteiger partial charge in [0.2, 0.25) is 5.91 Å². The van der Waals surface area contributed by atoms with Crippen LogP contribution in [0.5, 0.6) is 0 Å². The summed E-state index contributed by atoms with van der Waals surface area (Å²) in [4.78, 5) is 11.4. The van der Waals surface area contributed by atoms with E-state index in [1.165, 1.54) is 11.1 Å². The Bertz CT molecular complexity index is 395. The molecule has 1 N–H and O–H groups in total. The zero-order valence-electron chi connectivity index (χ0n) is 8.21. The van der Waals surface area contributed by atoms with Gasteiger partial charge >= 0.3 is 0 Å². The van der Waals surface area contributed by atoms with Gasteiger partial charge < -0.3 is 5.32 Å². The van der Waals surface area contributed by atoms with Gasteiger partial charge in [0.05, 0.1) is 5.92 Å². The number of fused-ring (bicyclic) bond motifs is 1. The van der Waals surface area contributed by atoms with Gasteiger partial charge in [-0.05, 0) is 18.9 Å². The first-order valence-corrected chi connectivity index (χ1v) is 5.07. The van der Waals surface area contributed by atoms with E-state index < -0.39 is 0 Å². The molecule has 1 aliphatic carbocycles. The number of piperidine rings is 1. The maximum Gasteiger partial charge on any atom is 0.224 e. The van der Waals surface area contributed by atoms with E-state index in [2.05, 4.69) is 36.5 Å². The maximum absolute atomic E-state index is 11.4. The molecule has 2 heteroatoms. The summed E-state index contributed by atoms with van der Waals surface area (Å²) >= 11 is 0. The molecule has 0 spiro atoms. The molecular formula is C12H13NO. The second-order valence-electron chi connectivity index (χ2n) is 4.50. The molecule has 1 heterocycles. The SMILES string of the molecule is Cc1ccc([C@@]23CNC(=O)C2C3)cc1. The van der Waals surface area contributed by atoms with E-state index in [1.807, 2.05) is 0 Å². The fraction of sp³-hybridized carbons (Fsp3) is 0.417. The molecule has 3 rings (SSSR count). The number of benzene rings is 1. The van der Waals surface area contributed by atoms with E-state index in [9.17, 15) is 4.79 Å². The Balaban J connectivity index is 1.98. The number of rotatable bonds is 1. The minimum atomic E-state index is 0.158. The van der Waals surface area contributed by atoms with Crippen LogP contribution in [-0.2, 0) is 10.2 Å². The van der Waals surface area contributed by atoms with E-state index in [4.69, 9.17) is 0 Å². The van der Waals surface area contributed by atoms with E-state index in [0.29, 0.717) is 0 Å². The number of hydrogen-bond acceptors (Lipinski definition) is 1. The van der Waals surface area contributed by atoms with Crippen molar-refractivity contribution >= 4 is 5.91 Å². The van der Waals surface area contributed by atoms with Gasteiger partial charge in [-0.15, -0.1) is 0 Å². The van der Waals surface area contributed by atoms with E-state index in [1.54, 1.807) is 0 Å². The van der Waals surface area contributed by atoms with E-state index >= 15 is 0 Å². The zero-order chi connectivity index (χ0) is 9.76. The summed E-state index contributed by atoms with van der Waals surface area (Å²) in [5.74, 6) is 0.496. The molecule has 14 heavy (non-hydrogen) atoms. The predicted octanol–water partition coefficient (Wildman–Crippen LogP) is 1.38. The van der Waals surface area contributed by atoms with Gasteiger partial charge in [-0.2, -0.15) is 0 Å². The molecule has 1 aromatic carbocycles. The van der Waals surface area contributed by atoms with Gasteiger partial charge in [-0.1, -0.05) is 29.8 Å². The summed E-state index contributed by atoms with van der Waals surface area (Å²) in [6, 6.07) is 8.58. The summed E-state index contributed by atoms with van der Waals surface area (Å²) in [5.41, 5.74) is 2.76. The first kappa shape index (κ1) is 8.04. The topological polar surface area (TPSA) is 29.1 Å². The van der Waals surface area contributed by atoms with Crippen LogP contribution in [0, 0.1) is 12.8 Å². The summed E-state index contributed by atoms with van der Waals surface area (Å²) in [6.45, 7) is 2.92. The molecule has 0 bridgehead atoms. The fourth-order valence-corrected chi connectivity index (χ4v) is 2.52. The van der Waals surface area contributed by atoms with Crippen molar-refractivity contribution in [2.24, 2.45) is 5.92 Å². The van der Waals surface area contributed by atoms with Crippen molar-refractivity contribution in [3.63, 3.8) is 0 Å². The Morgan fingerprint density at radius 1 is 1.36 bits per heavy atom. The Kier molecular flexibility index (Phi) is 1.37. The summed E-state index contributed by atoms with van der Waals surface area (Å²) in [6.07, 6.45) is 1.04. The largest absolute Gasteiger partial charge is 0.355 e. The van der Waals surface area contributed by atoms with Crippen molar-refractivity contribution in [3.05, 3.63) is 35.4 Å². The van der Waals surface area contributed by atoms with Crippen LogP contribution in [-0.4, -0.2) is 12.5 Å². The number of amides is 1. The van der Waals surface area contributed by atoms with Crippen molar-refractivity contribution in [3.8, 4) is 0 Å². The average Bonchev–Trinajstić information content (AvgIpc) is 2.84. The minimum Gasteiger partial charge on any atom is -0.355 e. The molecule has 1 amide bonds. The van der Waals surface area contributed by atoms with Gasteiger partial charge in [0.1, 0.15) is 0 Å². The van der Waals surface area contributed by atoms with Crippen molar-refractivity contribution in [2.45, 2.75) is 18.8 Å². The van der Waals surface area contributed by atoms with Crippen LogP contribution in [0.25, 0.3) is 0 Å². The molecular weight excluding hydrogens is 174 g/mol. The summed E-state index contributed by atoms with van der Waals surface area (Å²) < 4.78 is 0. The number of hydrogen-bond donors (Lipinski definition) is 1. The lowest BCUT2D eigenvalue weighted by Gasteiger charge is -2.11. The van der Waals surface area contributed by atoms with E-state index in [-0.39, 0.29) is 17.2 Å².